The van der Waals surface area contributed by atoms with Crippen LogP contribution in [-0.4, -0.2) is 23.1 Å². The van der Waals surface area contributed by atoms with Crippen molar-refractivity contribution in [2.45, 2.75) is 50.3 Å². The fourth-order valence-electron chi connectivity index (χ4n) is 7.88. The van der Waals surface area contributed by atoms with Crippen LogP contribution in [0.15, 0.2) is 132 Å². The van der Waals surface area contributed by atoms with Crippen LogP contribution in [0, 0.1) is 23.7 Å². The zero-order valence-electron chi connectivity index (χ0n) is 21.8. The minimum Gasteiger partial charge on any atom is -0.489 e. The van der Waals surface area contributed by atoms with Crippen LogP contribution in [0.5, 0.6) is 0 Å². The Morgan fingerprint density at radius 3 is 2.68 bits per heavy atom. The zero-order chi connectivity index (χ0) is 25.1. The summed E-state index contributed by atoms with van der Waals surface area (Å²) in [4.78, 5) is 2.74. The second-order valence-corrected chi connectivity index (χ2v) is 11.8. The summed E-state index contributed by atoms with van der Waals surface area (Å²) < 4.78 is 6.34. The highest BCUT2D eigenvalue weighted by Gasteiger charge is 2.47. The van der Waals surface area contributed by atoms with Crippen LogP contribution in [0.1, 0.15) is 37.7 Å². The van der Waals surface area contributed by atoms with Crippen molar-refractivity contribution in [3.05, 3.63) is 137 Å². The van der Waals surface area contributed by atoms with Crippen molar-refractivity contribution in [1.29, 1.82) is 0 Å². The van der Waals surface area contributed by atoms with Gasteiger partial charge in [-0.2, -0.15) is 0 Å². The molecule has 2 nitrogen and oxygen atoms in total. The Labute approximate surface area is 226 Å². The average Bonchev–Trinajstić information content (AvgIpc) is 3.53. The van der Waals surface area contributed by atoms with E-state index >= 15 is 0 Å². The first-order valence-corrected chi connectivity index (χ1v) is 14.6. The van der Waals surface area contributed by atoms with Gasteiger partial charge in [0, 0.05) is 34.9 Å². The van der Waals surface area contributed by atoms with E-state index < -0.39 is 0 Å². The van der Waals surface area contributed by atoms with E-state index in [4.69, 9.17) is 4.74 Å². The van der Waals surface area contributed by atoms with Crippen LogP contribution >= 0.6 is 0 Å². The fraction of sp³-hybridized carbons (Fsp3) is 0.333. The Bertz CT molecular complexity index is 1410. The Balaban J connectivity index is 1.11. The third kappa shape index (κ3) is 3.61. The largest absolute Gasteiger partial charge is 0.489 e. The molecule has 8 rings (SSSR count). The SMILES string of the molecule is C1=CC2C3C=C(C4C=C5C(=CC4)OC4CCC=CC54)C=CC3N(C3=CC(c4ccccc4)=CCC3)C2C=C1. The fourth-order valence-corrected chi connectivity index (χ4v) is 7.88. The smallest absolute Gasteiger partial charge is 0.119 e. The van der Waals surface area contributed by atoms with Crippen molar-refractivity contribution in [2.24, 2.45) is 23.7 Å². The van der Waals surface area contributed by atoms with Gasteiger partial charge in [-0.25, -0.2) is 0 Å². The van der Waals surface area contributed by atoms with Crippen LogP contribution in [0.4, 0.5) is 0 Å². The topological polar surface area (TPSA) is 12.5 Å². The predicted octanol–water partition coefficient (Wildman–Crippen LogP) is 7.85. The van der Waals surface area contributed by atoms with Gasteiger partial charge in [-0.05, 0) is 61.0 Å². The predicted molar refractivity (Wildman–Crippen MR) is 155 cm³/mol. The van der Waals surface area contributed by atoms with Gasteiger partial charge in [0.05, 0.1) is 12.1 Å². The van der Waals surface area contributed by atoms with E-state index in [9.17, 15) is 0 Å². The molecule has 1 aromatic rings. The molecule has 1 aromatic carbocycles. The maximum absolute atomic E-state index is 6.34. The molecule has 0 bridgehead atoms. The first-order valence-electron chi connectivity index (χ1n) is 14.6. The molecule has 2 aliphatic heterocycles. The number of likely N-dealkylation sites (tertiary alicyclic amines) is 1. The highest BCUT2D eigenvalue weighted by atomic mass is 16.5. The standard InChI is InChI=1S/C36H35NO/c1-2-9-24(10-3-1)25-11-8-12-28(21-25)37-33-15-6-4-13-29(33)31-22-26(17-19-34(31)37)27-18-20-36-32(23-27)30-14-5-7-16-35(30)38-36/h1-6,9-11,13-15,17,19-23,27,29-31,33-35H,7-8,12,16,18H2. The third-order valence-corrected chi connectivity index (χ3v) is 9.67. The van der Waals surface area contributed by atoms with Crippen molar-refractivity contribution in [3.63, 3.8) is 0 Å². The van der Waals surface area contributed by atoms with E-state index in [0.29, 0.717) is 41.9 Å². The molecule has 0 spiro atoms. The van der Waals surface area contributed by atoms with Crippen molar-refractivity contribution in [2.75, 3.05) is 0 Å². The monoisotopic (exact) mass is 497 g/mol. The van der Waals surface area contributed by atoms with Gasteiger partial charge < -0.3 is 9.64 Å². The summed E-state index contributed by atoms with van der Waals surface area (Å²) in [6.45, 7) is 0. The molecular formula is C36H35NO. The van der Waals surface area contributed by atoms with E-state index in [2.05, 4.69) is 114 Å². The lowest BCUT2D eigenvalue weighted by Crippen LogP contribution is -2.36. The molecule has 2 heteroatoms. The van der Waals surface area contributed by atoms with Gasteiger partial charge in [0.25, 0.3) is 0 Å². The van der Waals surface area contributed by atoms with Gasteiger partial charge >= 0.3 is 0 Å². The second-order valence-electron chi connectivity index (χ2n) is 11.8. The van der Waals surface area contributed by atoms with Crippen LogP contribution in [0.2, 0.25) is 0 Å². The maximum atomic E-state index is 6.34. The van der Waals surface area contributed by atoms with E-state index in [1.807, 2.05) is 0 Å². The number of ether oxygens (including phenoxy) is 1. The van der Waals surface area contributed by atoms with Gasteiger partial charge in [0.2, 0.25) is 0 Å². The molecule has 2 heterocycles. The van der Waals surface area contributed by atoms with E-state index in [0.717, 1.165) is 37.9 Å². The summed E-state index contributed by atoms with van der Waals surface area (Å²) in [6, 6.07) is 11.7. The second kappa shape index (κ2) is 9.05. The van der Waals surface area contributed by atoms with Crippen molar-refractivity contribution >= 4 is 5.57 Å². The number of fused-ring (bicyclic) bond motifs is 6. The highest BCUT2D eigenvalue weighted by molar-refractivity contribution is 5.75. The molecule has 0 amide bonds. The normalized spacial score (nSPS) is 36.2. The molecule has 0 radical (unpaired) electrons. The Morgan fingerprint density at radius 1 is 0.842 bits per heavy atom. The molecule has 0 saturated carbocycles. The van der Waals surface area contributed by atoms with Crippen LogP contribution in [0.3, 0.4) is 0 Å². The van der Waals surface area contributed by atoms with E-state index in [-0.39, 0.29) is 0 Å². The molecule has 7 unspecified atom stereocenters. The number of hydrogen-bond donors (Lipinski definition) is 0. The van der Waals surface area contributed by atoms with Crippen LogP contribution < -0.4 is 0 Å². The van der Waals surface area contributed by atoms with Gasteiger partial charge in [-0.3, -0.25) is 0 Å². The Hall–Kier alpha value is -3.52. The van der Waals surface area contributed by atoms with Gasteiger partial charge in [-0.1, -0.05) is 97.2 Å². The molecule has 38 heavy (non-hydrogen) atoms. The lowest BCUT2D eigenvalue weighted by atomic mass is 9.76. The molecule has 7 atom stereocenters. The Morgan fingerprint density at radius 2 is 1.74 bits per heavy atom. The van der Waals surface area contributed by atoms with Crippen molar-refractivity contribution < 1.29 is 4.74 Å². The number of rotatable bonds is 3. The highest BCUT2D eigenvalue weighted by Crippen LogP contribution is 2.49. The summed E-state index contributed by atoms with van der Waals surface area (Å²) in [6.07, 6.45) is 37.4. The quantitative estimate of drug-likeness (QED) is 0.394. The molecular weight excluding hydrogens is 462 g/mol. The number of allylic oxidation sites excluding steroid dienone is 12. The zero-order valence-corrected chi connectivity index (χ0v) is 21.8. The van der Waals surface area contributed by atoms with E-state index in [1.165, 1.54) is 28.0 Å². The molecule has 7 aliphatic rings. The molecule has 0 aromatic heterocycles. The summed E-state index contributed by atoms with van der Waals surface area (Å²) in [7, 11) is 0. The van der Waals surface area contributed by atoms with E-state index in [1.54, 1.807) is 0 Å². The van der Waals surface area contributed by atoms with Gasteiger partial charge in [0.1, 0.15) is 11.9 Å². The van der Waals surface area contributed by atoms with Crippen LogP contribution in [-0.2, 0) is 4.74 Å². The van der Waals surface area contributed by atoms with Crippen molar-refractivity contribution in [3.8, 4) is 0 Å². The minimum atomic E-state index is 0.346. The van der Waals surface area contributed by atoms with Gasteiger partial charge in [-0.15, -0.1) is 0 Å². The summed E-state index contributed by atoms with van der Waals surface area (Å²) in [5.41, 5.74) is 7.09. The number of nitrogens with zero attached hydrogens (tertiary/aromatic N) is 1. The summed E-state index contributed by atoms with van der Waals surface area (Å²) >= 11 is 0. The number of benzene rings is 1. The summed E-state index contributed by atoms with van der Waals surface area (Å²) in [5, 5.41) is 0. The molecule has 0 N–H and O–H groups in total. The molecule has 190 valence electrons. The molecule has 2 fully saturated rings. The van der Waals surface area contributed by atoms with Gasteiger partial charge in [0.15, 0.2) is 0 Å². The van der Waals surface area contributed by atoms with Crippen LogP contribution in [0.25, 0.3) is 5.57 Å². The Kier molecular flexibility index (Phi) is 5.35. The average molecular weight is 498 g/mol. The summed E-state index contributed by atoms with van der Waals surface area (Å²) in [5.74, 6) is 3.06. The lowest BCUT2D eigenvalue weighted by Gasteiger charge is -2.36. The third-order valence-electron chi connectivity index (χ3n) is 9.67. The minimum absolute atomic E-state index is 0.346. The maximum Gasteiger partial charge on any atom is 0.119 e. The van der Waals surface area contributed by atoms with Crippen molar-refractivity contribution in [1.82, 2.24) is 4.90 Å². The molecule has 2 saturated heterocycles. The lowest BCUT2D eigenvalue weighted by molar-refractivity contribution is 0.130. The first-order chi connectivity index (χ1) is 18.8. The number of hydrogen-bond acceptors (Lipinski definition) is 2. The first kappa shape index (κ1) is 22.5. The molecule has 5 aliphatic carbocycles.